The zero-order valence-corrected chi connectivity index (χ0v) is 12.0. The van der Waals surface area contributed by atoms with Gasteiger partial charge < -0.3 is 9.47 Å². The molecule has 18 heavy (non-hydrogen) atoms. The van der Waals surface area contributed by atoms with Gasteiger partial charge in [0.25, 0.3) is 0 Å². The topological polar surface area (TPSA) is 18.5 Å². The quantitative estimate of drug-likeness (QED) is 0.768. The third-order valence-corrected chi connectivity index (χ3v) is 3.86. The minimum atomic E-state index is -0.602. The van der Waals surface area contributed by atoms with Gasteiger partial charge in [-0.25, -0.2) is 0 Å². The summed E-state index contributed by atoms with van der Waals surface area (Å²) in [6.07, 6.45) is 0.790. The molecule has 1 fully saturated rings. The molecule has 0 amide bonds. The summed E-state index contributed by atoms with van der Waals surface area (Å²) in [5.74, 6) is 0.415. The minimum Gasteiger partial charge on any atom is -0.343 e. The van der Waals surface area contributed by atoms with Gasteiger partial charge in [-0.2, -0.15) is 0 Å². The van der Waals surface area contributed by atoms with Crippen LogP contribution in [0.15, 0.2) is 24.3 Å². The molecule has 1 aromatic rings. The zero-order chi connectivity index (χ0) is 13.2. The molecule has 2 nitrogen and oxygen atoms in total. The first kappa shape index (κ1) is 13.9. The van der Waals surface area contributed by atoms with Crippen molar-refractivity contribution in [1.29, 1.82) is 0 Å². The fraction of sp³-hybridized carbons (Fsp3) is 0.600. The van der Waals surface area contributed by atoms with Crippen molar-refractivity contribution < 1.29 is 9.47 Å². The van der Waals surface area contributed by atoms with E-state index in [2.05, 4.69) is 45.0 Å². The van der Waals surface area contributed by atoms with Crippen LogP contribution < -0.4 is 0 Å². The van der Waals surface area contributed by atoms with Crippen molar-refractivity contribution in [3.8, 4) is 0 Å². The van der Waals surface area contributed by atoms with E-state index in [1.165, 1.54) is 5.56 Å². The van der Waals surface area contributed by atoms with Gasteiger partial charge in [0, 0.05) is 12.0 Å². The molecule has 1 aliphatic heterocycles. The molecule has 0 saturated carbocycles. The predicted octanol–water partition coefficient (Wildman–Crippen LogP) is 4.03. The summed E-state index contributed by atoms with van der Waals surface area (Å²) in [6.45, 7) is 7.03. The normalized spacial score (nSPS) is 27.9. The Kier molecular flexibility index (Phi) is 4.31. The van der Waals surface area contributed by atoms with Crippen LogP contribution in [0.4, 0.5) is 0 Å². The van der Waals surface area contributed by atoms with Crippen molar-refractivity contribution in [2.45, 2.75) is 45.0 Å². The van der Waals surface area contributed by atoms with E-state index in [1.54, 1.807) is 0 Å². The van der Waals surface area contributed by atoms with Crippen LogP contribution in [-0.4, -0.2) is 18.6 Å². The number of benzene rings is 1. The molecular weight excluding hydrogens is 248 g/mol. The van der Waals surface area contributed by atoms with Crippen LogP contribution in [0, 0.1) is 0 Å². The van der Waals surface area contributed by atoms with E-state index in [9.17, 15) is 0 Å². The second-order valence-corrected chi connectivity index (χ2v) is 5.40. The third kappa shape index (κ3) is 2.56. The Morgan fingerprint density at radius 1 is 1.33 bits per heavy atom. The van der Waals surface area contributed by atoms with Gasteiger partial charge in [0.05, 0.1) is 18.6 Å². The summed E-state index contributed by atoms with van der Waals surface area (Å²) in [5.41, 5.74) is 2.42. The van der Waals surface area contributed by atoms with E-state index in [-0.39, 0.29) is 6.10 Å². The van der Waals surface area contributed by atoms with Gasteiger partial charge in [-0.3, -0.25) is 0 Å². The Balaban J connectivity index is 2.23. The summed E-state index contributed by atoms with van der Waals surface area (Å²) >= 11 is 5.84. The molecule has 0 aliphatic carbocycles. The highest BCUT2D eigenvalue weighted by Crippen LogP contribution is 2.37. The number of rotatable bonds is 4. The average Bonchev–Trinajstić information content (AvgIpc) is 2.84. The Labute approximate surface area is 114 Å². The SMILES string of the molecule is CCC1(c2ccc(C(C)C)cc2)OCC(CCl)O1. The maximum Gasteiger partial charge on any atom is 0.195 e. The van der Waals surface area contributed by atoms with Gasteiger partial charge >= 0.3 is 0 Å². The van der Waals surface area contributed by atoms with Gasteiger partial charge in [0.1, 0.15) is 0 Å². The molecule has 100 valence electrons. The Hall–Kier alpha value is -0.570. The second-order valence-electron chi connectivity index (χ2n) is 5.09. The number of hydrogen-bond acceptors (Lipinski definition) is 2. The highest BCUT2D eigenvalue weighted by Gasteiger charge is 2.41. The first-order valence-electron chi connectivity index (χ1n) is 6.59. The Morgan fingerprint density at radius 2 is 2.00 bits per heavy atom. The molecule has 2 rings (SSSR count). The monoisotopic (exact) mass is 268 g/mol. The molecule has 0 spiro atoms. The van der Waals surface area contributed by atoms with Crippen LogP contribution in [0.2, 0.25) is 0 Å². The van der Waals surface area contributed by atoms with E-state index in [0.29, 0.717) is 18.4 Å². The van der Waals surface area contributed by atoms with Gasteiger partial charge in [-0.15, -0.1) is 11.6 Å². The van der Waals surface area contributed by atoms with Crippen molar-refractivity contribution in [1.82, 2.24) is 0 Å². The lowest BCUT2D eigenvalue weighted by Gasteiger charge is -2.27. The van der Waals surface area contributed by atoms with Crippen LogP contribution in [0.5, 0.6) is 0 Å². The number of halogens is 1. The van der Waals surface area contributed by atoms with Crippen LogP contribution in [0.25, 0.3) is 0 Å². The van der Waals surface area contributed by atoms with Crippen molar-refractivity contribution in [3.63, 3.8) is 0 Å². The van der Waals surface area contributed by atoms with E-state index >= 15 is 0 Å². The number of alkyl halides is 1. The van der Waals surface area contributed by atoms with E-state index in [4.69, 9.17) is 21.1 Å². The summed E-state index contributed by atoms with van der Waals surface area (Å²) in [4.78, 5) is 0. The lowest BCUT2D eigenvalue weighted by atomic mass is 9.97. The van der Waals surface area contributed by atoms with Crippen LogP contribution >= 0.6 is 11.6 Å². The second kappa shape index (κ2) is 5.60. The fourth-order valence-corrected chi connectivity index (χ4v) is 2.46. The molecule has 1 aromatic carbocycles. The maximum atomic E-state index is 5.98. The molecule has 1 saturated heterocycles. The third-order valence-electron chi connectivity index (χ3n) is 3.51. The number of hydrogen-bond donors (Lipinski definition) is 0. The van der Waals surface area contributed by atoms with E-state index in [0.717, 1.165) is 12.0 Å². The smallest absolute Gasteiger partial charge is 0.195 e. The predicted molar refractivity (Wildman–Crippen MR) is 74.0 cm³/mol. The molecular formula is C15H21ClO2. The molecule has 1 heterocycles. The minimum absolute atomic E-state index is 0.00334. The summed E-state index contributed by atoms with van der Waals surface area (Å²) in [6, 6.07) is 8.52. The van der Waals surface area contributed by atoms with Crippen molar-refractivity contribution >= 4 is 11.6 Å². The zero-order valence-electron chi connectivity index (χ0n) is 11.3. The molecule has 0 radical (unpaired) electrons. The highest BCUT2D eigenvalue weighted by atomic mass is 35.5. The van der Waals surface area contributed by atoms with Crippen LogP contribution in [-0.2, 0) is 15.3 Å². The maximum absolute atomic E-state index is 5.98. The lowest BCUT2D eigenvalue weighted by molar-refractivity contribution is -0.176. The first-order valence-corrected chi connectivity index (χ1v) is 7.13. The van der Waals surface area contributed by atoms with Gasteiger partial charge in [0.2, 0.25) is 0 Å². The van der Waals surface area contributed by atoms with Gasteiger partial charge in [-0.1, -0.05) is 45.0 Å². The molecule has 0 N–H and O–H groups in total. The standard InChI is InChI=1S/C15H21ClO2/c1-4-15(17-10-14(9-16)18-15)13-7-5-12(6-8-13)11(2)3/h5-8,11,14H,4,9-10H2,1-3H3. The highest BCUT2D eigenvalue weighted by molar-refractivity contribution is 6.18. The van der Waals surface area contributed by atoms with Crippen LogP contribution in [0.3, 0.4) is 0 Å². The molecule has 0 aromatic heterocycles. The molecule has 2 atom stereocenters. The molecule has 3 heteroatoms. The lowest BCUT2D eigenvalue weighted by Crippen LogP contribution is -2.27. The van der Waals surface area contributed by atoms with Crippen LogP contribution in [0.1, 0.15) is 44.2 Å². The fourth-order valence-electron chi connectivity index (χ4n) is 2.30. The van der Waals surface area contributed by atoms with Gasteiger partial charge in [0.15, 0.2) is 5.79 Å². The summed E-state index contributed by atoms with van der Waals surface area (Å²) in [5, 5.41) is 0. The molecule has 0 bridgehead atoms. The molecule has 2 unspecified atom stereocenters. The Morgan fingerprint density at radius 3 is 2.44 bits per heavy atom. The van der Waals surface area contributed by atoms with Gasteiger partial charge in [-0.05, 0) is 11.5 Å². The van der Waals surface area contributed by atoms with Crippen molar-refractivity contribution in [2.75, 3.05) is 12.5 Å². The largest absolute Gasteiger partial charge is 0.343 e. The number of ether oxygens (including phenoxy) is 2. The molecule has 1 aliphatic rings. The summed E-state index contributed by atoms with van der Waals surface area (Å²) in [7, 11) is 0. The first-order chi connectivity index (χ1) is 8.61. The van der Waals surface area contributed by atoms with E-state index < -0.39 is 5.79 Å². The average molecular weight is 269 g/mol. The van der Waals surface area contributed by atoms with Crippen molar-refractivity contribution in [2.24, 2.45) is 0 Å². The Bertz CT molecular complexity index is 388. The van der Waals surface area contributed by atoms with E-state index in [1.807, 2.05) is 0 Å². The van der Waals surface area contributed by atoms with Crippen molar-refractivity contribution in [3.05, 3.63) is 35.4 Å². The summed E-state index contributed by atoms with van der Waals surface area (Å²) < 4.78 is 11.9.